The number of benzene rings is 2. The van der Waals surface area contributed by atoms with E-state index in [4.69, 9.17) is 4.74 Å². The van der Waals surface area contributed by atoms with Gasteiger partial charge in [-0.05, 0) is 28.2 Å². The molecule has 0 spiro atoms. The second-order valence-electron chi connectivity index (χ2n) is 6.67. The molecule has 0 aromatic heterocycles. The number of aliphatic carboxylic acids is 1. The van der Waals surface area contributed by atoms with E-state index in [0.29, 0.717) is 6.42 Å². The molecule has 0 radical (unpaired) electrons. The molecule has 2 unspecified atom stereocenters. The van der Waals surface area contributed by atoms with Crippen molar-refractivity contribution >= 4 is 12.1 Å². The van der Waals surface area contributed by atoms with Gasteiger partial charge in [0.2, 0.25) is 0 Å². The lowest BCUT2D eigenvalue weighted by Crippen LogP contribution is -2.45. The fourth-order valence-corrected chi connectivity index (χ4v) is 3.45. The van der Waals surface area contributed by atoms with E-state index in [-0.39, 0.29) is 18.4 Å². The molecule has 5 heteroatoms. The largest absolute Gasteiger partial charge is 0.480 e. The third-order valence-corrected chi connectivity index (χ3v) is 5.10. The highest BCUT2D eigenvalue weighted by molar-refractivity contribution is 5.81. The van der Waals surface area contributed by atoms with Gasteiger partial charge in [0, 0.05) is 5.92 Å². The van der Waals surface area contributed by atoms with E-state index < -0.39 is 18.1 Å². The monoisotopic (exact) mass is 353 g/mol. The summed E-state index contributed by atoms with van der Waals surface area (Å²) in [5.41, 5.74) is 4.55. The number of rotatable bonds is 6. The van der Waals surface area contributed by atoms with Crippen LogP contribution in [0.15, 0.2) is 48.5 Å². The van der Waals surface area contributed by atoms with Gasteiger partial charge in [0.15, 0.2) is 0 Å². The van der Waals surface area contributed by atoms with Gasteiger partial charge < -0.3 is 15.2 Å². The molecule has 2 aromatic carbocycles. The molecular formula is C21H23NO4. The van der Waals surface area contributed by atoms with Crippen molar-refractivity contribution in [1.29, 1.82) is 0 Å². The fraction of sp³-hybridized carbons (Fsp3) is 0.333. The zero-order valence-corrected chi connectivity index (χ0v) is 14.9. The summed E-state index contributed by atoms with van der Waals surface area (Å²) in [5, 5.41) is 11.8. The number of carboxylic acid groups (broad SMARTS) is 1. The van der Waals surface area contributed by atoms with E-state index in [1.165, 1.54) is 0 Å². The third-order valence-electron chi connectivity index (χ3n) is 5.10. The molecule has 0 saturated heterocycles. The number of hydrogen-bond acceptors (Lipinski definition) is 3. The van der Waals surface area contributed by atoms with E-state index in [0.717, 1.165) is 22.3 Å². The van der Waals surface area contributed by atoms with E-state index in [1.807, 2.05) is 43.3 Å². The molecule has 136 valence electrons. The highest BCUT2D eigenvalue weighted by atomic mass is 16.5. The molecule has 3 rings (SSSR count). The smallest absolute Gasteiger partial charge is 0.407 e. The van der Waals surface area contributed by atoms with Gasteiger partial charge in [0.05, 0.1) is 0 Å². The lowest BCUT2D eigenvalue weighted by molar-refractivity contribution is -0.140. The summed E-state index contributed by atoms with van der Waals surface area (Å²) < 4.78 is 5.40. The van der Waals surface area contributed by atoms with Gasteiger partial charge in [-0.3, -0.25) is 0 Å². The molecule has 2 aromatic rings. The predicted octanol–water partition coefficient (Wildman–Crippen LogP) is 4.02. The number of carbonyl (C=O) groups is 2. The number of nitrogens with one attached hydrogen (secondary N) is 1. The minimum Gasteiger partial charge on any atom is -0.480 e. The molecule has 1 aliphatic rings. The molecule has 0 aliphatic heterocycles. The van der Waals surface area contributed by atoms with Crippen molar-refractivity contribution in [2.24, 2.45) is 5.92 Å². The van der Waals surface area contributed by atoms with Crippen LogP contribution in [-0.2, 0) is 9.53 Å². The third kappa shape index (κ3) is 3.43. The van der Waals surface area contributed by atoms with Crippen LogP contribution in [0.25, 0.3) is 11.1 Å². The molecule has 0 heterocycles. The van der Waals surface area contributed by atoms with E-state index in [9.17, 15) is 14.7 Å². The second-order valence-corrected chi connectivity index (χ2v) is 6.67. The topological polar surface area (TPSA) is 75.6 Å². The standard InChI is InChI=1S/C21H23NO4/c1-3-13(2)19(20(23)24)22-21(25)26-12-18-16-10-6-4-8-14(16)15-9-5-7-11-17(15)18/h4-11,13,18-19H,3,12H2,1-2H3,(H,22,25)(H,23,24). The highest BCUT2D eigenvalue weighted by Crippen LogP contribution is 2.44. The average molecular weight is 353 g/mol. The van der Waals surface area contributed by atoms with Crippen LogP contribution in [0.4, 0.5) is 4.79 Å². The summed E-state index contributed by atoms with van der Waals surface area (Å²) in [4.78, 5) is 23.5. The van der Waals surface area contributed by atoms with Crippen LogP contribution in [0, 0.1) is 5.92 Å². The van der Waals surface area contributed by atoms with Crippen LogP contribution in [0.5, 0.6) is 0 Å². The van der Waals surface area contributed by atoms with E-state index in [2.05, 4.69) is 17.4 Å². The highest BCUT2D eigenvalue weighted by Gasteiger charge is 2.30. The molecule has 0 bridgehead atoms. The molecule has 2 atom stereocenters. The van der Waals surface area contributed by atoms with Crippen molar-refractivity contribution in [3.05, 3.63) is 59.7 Å². The minimum absolute atomic E-state index is 0.0416. The second kappa shape index (κ2) is 7.60. The zero-order valence-electron chi connectivity index (χ0n) is 14.9. The summed E-state index contributed by atoms with van der Waals surface area (Å²) in [7, 11) is 0. The van der Waals surface area contributed by atoms with Crippen LogP contribution in [-0.4, -0.2) is 29.8 Å². The van der Waals surface area contributed by atoms with E-state index >= 15 is 0 Å². The van der Waals surface area contributed by atoms with Gasteiger partial charge in [-0.1, -0.05) is 68.8 Å². The van der Waals surface area contributed by atoms with Gasteiger partial charge in [-0.25, -0.2) is 9.59 Å². The van der Waals surface area contributed by atoms with Crippen LogP contribution >= 0.6 is 0 Å². The lowest BCUT2D eigenvalue weighted by atomic mass is 9.98. The number of carbonyl (C=O) groups excluding carboxylic acids is 1. The molecule has 0 fully saturated rings. The maximum atomic E-state index is 12.2. The quantitative estimate of drug-likeness (QED) is 0.822. The molecule has 26 heavy (non-hydrogen) atoms. The summed E-state index contributed by atoms with van der Waals surface area (Å²) in [6.07, 6.45) is -0.0415. The Kier molecular flexibility index (Phi) is 5.26. The molecular weight excluding hydrogens is 330 g/mol. The molecule has 5 nitrogen and oxygen atoms in total. The van der Waals surface area contributed by atoms with Crippen LogP contribution < -0.4 is 5.32 Å². The normalized spacial score (nSPS) is 14.8. The van der Waals surface area contributed by atoms with Gasteiger partial charge in [-0.15, -0.1) is 0 Å². The Morgan fingerprint density at radius 1 is 1.08 bits per heavy atom. The average Bonchev–Trinajstić information content (AvgIpc) is 2.97. The summed E-state index contributed by atoms with van der Waals surface area (Å²) in [5.74, 6) is -1.26. The van der Waals surface area contributed by atoms with Crippen molar-refractivity contribution in [1.82, 2.24) is 5.32 Å². The number of alkyl carbamates (subject to hydrolysis) is 1. The molecule has 1 amide bonds. The maximum absolute atomic E-state index is 12.2. The van der Waals surface area contributed by atoms with Gasteiger partial charge in [0.25, 0.3) is 0 Å². The number of carboxylic acids is 1. The van der Waals surface area contributed by atoms with Crippen LogP contribution in [0.2, 0.25) is 0 Å². The Labute approximate surface area is 153 Å². The van der Waals surface area contributed by atoms with Crippen molar-refractivity contribution in [2.75, 3.05) is 6.61 Å². The first-order chi connectivity index (χ1) is 12.5. The number of amides is 1. The molecule has 2 N–H and O–H groups in total. The SMILES string of the molecule is CCC(C)C(NC(=O)OCC1c2ccccc2-c2ccccc21)C(=O)O. The van der Waals surface area contributed by atoms with Crippen LogP contribution in [0.1, 0.15) is 37.3 Å². The number of fused-ring (bicyclic) bond motifs is 3. The summed E-state index contributed by atoms with van der Waals surface area (Å²) in [6, 6.07) is 15.2. The van der Waals surface area contributed by atoms with Crippen molar-refractivity contribution in [3.63, 3.8) is 0 Å². The fourth-order valence-electron chi connectivity index (χ4n) is 3.45. The Morgan fingerprint density at radius 3 is 2.12 bits per heavy atom. The van der Waals surface area contributed by atoms with Gasteiger partial charge >= 0.3 is 12.1 Å². The Bertz CT molecular complexity index is 772. The summed E-state index contributed by atoms with van der Waals surface area (Å²) >= 11 is 0. The zero-order chi connectivity index (χ0) is 18.7. The minimum atomic E-state index is -1.05. The molecule has 0 saturated carbocycles. The number of hydrogen-bond donors (Lipinski definition) is 2. The van der Waals surface area contributed by atoms with Gasteiger partial charge in [0.1, 0.15) is 12.6 Å². The van der Waals surface area contributed by atoms with Crippen molar-refractivity contribution in [3.8, 4) is 11.1 Å². The first kappa shape index (κ1) is 18.0. The number of ether oxygens (including phenoxy) is 1. The summed E-state index contributed by atoms with van der Waals surface area (Å²) in [6.45, 7) is 3.86. The Balaban J connectivity index is 1.72. The lowest BCUT2D eigenvalue weighted by Gasteiger charge is -2.21. The van der Waals surface area contributed by atoms with E-state index in [1.54, 1.807) is 6.92 Å². The van der Waals surface area contributed by atoms with Crippen molar-refractivity contribution < 1.29 is 19.4 Å². The predicted molar refractivity (Wildman–Crippen MR) is 99.1 cm³/mol. The molecule has 1 aliphatic carbocycles. The van der Waals surface area contributed by atoms with Gasteiger partial charge in [-0.2, -0.15) is 0 Å². The van der Waals surface area contributed by atoms with Crippen LogP contribution in [0.3, 0.4) is 0 Å². The first-order valence-electron chi connectivity index (χ1n) is 8.87. The maximum Gasteiger partial charge on any atom is 0.407 e. The first-order valence-corrected chi connectivity index (χ1v) is 8.87. The van der Waals surface area contributed by atoms with Crippen molar-refractivity contribution in [2.45, 2.75) is 32.2 Å². The Hall–Kier alpha value is -2.82. The Morgan fingerprint density at radius 2 is 1.62 bits per heavy atom.